The van der Waals surface area contributed by atoms with Crippen LogP contribution in [0.25, 0.3) is 0 Å². The molecule has 2 heteroatoms. The van der Waals surface area contributed by atoms with Crippen molar-refractivity contribution in [2.45, 2.75) is 32.6 Å². The molecule has 0 aromatic carbocycles. The predicted molar refractivity (Wildman–Crippen MR) is 47.4 cm³/mol. The van der Waals surface area contributed by atoms with Gasteiger partial charge in [-0.15, -0.1) is 0 Å². The Hall–Kier alpha value is -0.920. The summed E-state index contributed by atoms with van der Waals surface area (Å²) in [7, 11) is 0. The Bertz CT molecular complexity index is 235. The second-order valence-corrected chi connectivity index (χ2v) is 2.89. The Morgan fingerprint density at radius 3 is 2.92 bits per heavy atom. The molecule has 1 aromatic rings. The van der Waals surface area contributed by atoms with Crippen LogP contribution in [-0.4, -0.2) is 4.98 Å². The van der Waals surface area contributed by atoms with Gasteiger partial charge in [-0.3, -0.25) is 4.98 Å². The van der Waals surface area contributed by atoms with Crippen molar-refractivity contribution in [3.8, 4) is 0 Å². The maximum Gasteiger partial charge on any atom is 0.144 e. The maximum absolute atomic E-state index is 13.0. The third kappa shape index (κ3) is 2.61. The number of rotatable bonds is 4. The van der Waals surface area contributed by atoms with Crippen LogP contribution in [0, 0.1) is 5.82 Å². The minimum Gasteiger partial charge on any atom is -0.258 e. The predicted octanol–water partition coefficient (Wildman–Crippen LogP) is 2.95. The summed E-state index contributed by atoms with van der Waals surface area (Å²) in [5.74, 6) is -0.173. The van der Waals surface area contributed by atoms with Gasteiger partial charge in [-0.05, 0) is 25.0 Å². The van der Waals surface area contributed by atoms with Crippen molar-refractivity contribution >= 4 is 0 Å². The molecular weight excluding hydrogens is 153 g/mol. The molecule has 1 nitrogen and oxygen atoms in total. The Labute approximate surface area is 72.6 Å². The molecule has 0 aliphatic heterocycles. The van der Waals surface area contributed by atoms with Crippen LogP contribution in [0.4, 0.5) is 4.39 Å². The van der Waals surface area contributed by atoms with E-state index in [1.165, 1.54) is 6.07 Å². The number of aryl methyl sites for hydroxylation is 1. The van der Waals surface area contributed by atoms with Gasteiger partial charge in [0.25, 0.3) is 0 Å². The minimum absolute atomic E-state index is 0.173. The molecule has 0 atom stereocenters. The third-order valence-corrected chi connectivity index (χ3v) is 1.85. The number of hydrogen-bond donors (Lipinski definition) is 0. The van der Waals surface area contributed by atoms with E-state index in [1.54, 1.807) is 12.3 Å². The molecule has 0 radical (unpaired) electrons. The zero-order valence-electron chi connectivity index (χ0n) is 7.39. The number of unbranched alkanes of at least 4 members (excludes halogenated alkanes) is 2. The van der Waals surface area contributed by atoms with Crippen LogP contribution in [0.3, 0.4) is 0 Å². The first-order chi connectivity index (χ1) is 5.84. The van der Waals surface area contributed by atoms with Crippen molar-refractivity contribution in [1.82, 2.24) is 4.98 Å². The summed E-state index contributed by atoms with van der Waals surface area (Å²) in [6.45, 7) is 2.13. The molecule has 1 aromatic heterocycles. The molecular formula is C10H14FN. The lowest BCUT2D eigenvalue weighted by Crippen LogP contribution is -1.93. The lowest BCUT2D eigenvalue weighted by Gasteiger charge is -1.99. The summed E-state index contributed by atoms with van der Waals surface area (Å²) in [5.41, 5.74) is 0.603. The number of nitrogens with zero attached hydrogens (tertiary/aromatic N) is 1. The van der Waals surface area contributed by atoms with Crippen molar-refractivity contribution < 1.29 is 4.39 Å². The van der Waals surface area contributed by atoms with Crippen molar-refractivity contribution in [1.29, 1.82) is 0 Å². The van der Waals surface area contributed by atoms with Gasteiger partial charge < -0.3 is 0 Å². The van der Waals surface area contributed by atoms with Gasteiger partial charge >= 0.3 is 0 Å². The van der Waals surface area contributed by atoms with E-state index in [4.69, 9.17) is 0 Å². The van der Waals surface area contributed by atoms with Gasteiger partial charge in [-0.25, -0.2) is 4.39 Å². The average molecular weight is 167 g/mol. The largest absolute Gasteiger partial charge is 0.258 e. The van der Waals surface area contributed by atoms with E-state index in [1.807, 2.05) is 0 Å². The second kappa shape index (κ2) is 4.86. The molecule has 1 rings (SSSR count). The summed E-state index contributed by atoms with van der Waals surface area (Å²) in [4.78, 5) is 3.98. The number of pyridine rings is 1. The van der Waals surface area contributed by atoms with Crippen LogP contribution in [0.1, 0.15) is 31.9 Å². The van der Waals surface area contributed by atoms with E-state index in [2.05, 4.69) is 11.9 Å². The first-order valence-corrected chi connectivity index (χ1v) is 4.44. The molecule has 0 unspecified atom stereocenters. The fourth-order valence-corrected chi connectivity index (χ4v) is 1.14. The lowest BCUT2D eigenvalue weighted by molar-refractivity contribution is 0.586. The van der Waals surface area contributed by atoms with Crippen LogP contribution in [0.15, 0.2) is 18.3 Å². The Morgan fingerprint density at radius 1 is 1.42 bits per heavy atom. The lowest BCUT2D eigenvalue weighted by atomic mass is 10.1. The molecule has 0 bridgehead atoms. The van der Waals surface area contributed by atoms with E-state index in [0.29, 0.717) is 5.69 Å². The SMILES string of the molecule is CCCCCc1ncccc1F. The van der Waals surface area contributed by atoms with Gasteiger partial charge in [0.1, 0.15) is 5.82 Å². The molecule has 0 saturated heterocycles. The second-order valence-electron chi connectivity index (χ2n) is 2.89. The summed E-state index contributed by atoms with van der Waals surface area (Å²) < 4.78 is 13.0. The molecule has 0 N–H and O–H groups in total. The van der Waals surface area contributed by atoms with Crippen LogP contribution in [0.2, 0.25) is 0 Å². The van der Waals surface area contributed by atoms with Crippen molar-refractivity contribution in [2.24, 2.45) is 0 Å². The van der Waals surface area contributed by atoms with Crippen LogP contribution in [-0.2, 0) is 6.42 Å². The fourth-order valence-electron chi connectivity index (χ4n) is 1.14. The van der Waals surface area contributed by atoms with E-state index >= 15 is 0 Å². The quantitative estimate of drug-likeness (QED) is 0.628. The maximum atomic E-state index is 13.0. The first-order valence-electron chi connectivity index (χ1n) is 4.44. The highest BCUT2D eigenvalue weighted by atomic mass is 19.1. The van der Waals surface area contributed by atoms with E-state index < -0.39 is 0 Å². The summed E-state index contributed by atoms with van der Waals surface area (Å²) in [6.07, 6.45) is 5.75. The minimum atomic E-state index is -0.173. The van der Waals surface area contributed by atoms with Gasteiger partial charge in [0, 0.05) is 6.20 Å². The highest BCUT2D eigenvalue weighted by molar-refractivity contribution is 5.06. The average Bonchev–Trinajstić information content (AvgIpc) is 2.09. The molecule has 1 heterocycles. The van der Waals surface area contributed by atoms with E-state index in [-0.39, 0.29) is 5.82 Å². The van der Waals surface area contributed by atoms with Crippen LogP contribution >= 0.6 is 0 Å². The standard InChI is InChI=1S/C10H14FN/c1-2-3-4-7-10-9(11)6-5-8-12-10/h5-6,8H,2-4,7H2,1H3. The molecule has 66 valence electrons. The molecule has 0 spiro atoms. The molecule has 0 aliphatic carbocycles. The number of hydrogen-bond acceptors (Lipinski definition) is 1. The van der Waals surface area contributed by atoms with Crippen molar-refractivity contribution in [3.05, 3.63) is 29.8 Å². The molecule has 0 aliphatic rings. The zero-order chi connectivity index (χ0) is 8.81. The Kier molecular flexibility index (Phi) is 3.71. The Balaban J connectivity index is 2.46. The van der Waals surface area contributed by atoms with Crippen molar-refractivity contribution in [3.63, 3.8) is 0 Å². The molecule has 0 saturated carbocycles. The van der Waals surface area contributed by atoms with Gasteiger partial charge in [-0.2, -0.15) is 0 Å². The monoisotopic (exact) mass is 167 g/mol. The third-order valence-electron chi connectivity index (χ3n) is 1.85. The molecule has 12 heavy (non-hydrogen) atoms. The zero-order valence-corrected chi connectivity index (χ0v) is 7.39. The summed E-state index contributed by atoms with van der Waals surface area (Å²) >= 11 is 0. The first kappa shape index (κ1) is 9.17. The van der Waals surface area contributed by atoms with Crippen LogP contribution in [0.5, 0.6) is 0 Å². The van der Waals surface area contributed by atoms with Gasteiger partial charge in [-0.1, -0.05) is 19.8 Å². The molecule has 0 amide bonds. The van der Waals surface area contributed by atoms with Gasteiger partial charge in [0.2, 0.25) is 0 Å². The number of aromatic nitrogens is 1. The van der Waals surface area contributed by atoms with Gasteiger partial charge in [0.15, 0.2) is 0 Å². The Morgan fingerprint density at radius 2 is 2.25 bits per heavy atom. The highest BCUT2D eigenvalue weighted by Gasteiger charge is 2.00. The van der Waals surface area contributed by atoms with E-state index in [9.17, 15) is 4.39 Å². The highest BCUT2D eigenvalue weighted by Crippen LogP contribution is 2.07. The number of halogens is 1. The van der Waals surface area contributed by atoms with Crippen LogP contribution < -0.4 is 0 Å². The summed E-state index contributed by atoms with van der Waals surface area (Å²) in [5, 5.41) is 0. The summed E-state index contributed by atoms with van der Waals surface area (Å²) in [6, 6.07) is 3.09. The fraction of sp³-hybridized carbons (Fsp3) is 0.500. The van der Waals surface area contributed by atoms with Gasteiger partial charge in [0.05, 0.1) is 5.69 Å². The molecule has 0 fully saturated rings. The topological polar surface area (TPSA) is 12.9 Å². The normalized spacial score (nSPS) is 10.2. The van der Waals surface area contributed by atoms with E-state index in [0.717, 1.165) is 25.7 Å². The smallest absolute Gasteiger partial charge is 0.144 e. The van der Waals surface area contributed by atoms with Crippen molar-refractivity contribution in [2.75, 3.05) is 0 Å².